The molecule has 0 aromatic heterocycles. The monoisotopic (exact) mass is 559 g/mol. The van der Waals surface area contributed by atoms with Crippen LogP contribution in [0.1, 0.15) is 20.8 Å². The van der Waals surface area contributed by atoms with Crippen molar-refractivity contribution in [1.82, 2.24) is 0 Å². The molecule has 0 spiro atoms. The van der Waals surface area contributed by atoms with Gasteiger partial charge in [0.25, 0.3) is 0 Å². The third-order valence-electron chi connectivity index (χ3n) is 5.17. The van der Waals surface area contributed by atoms with Crippen LogP contribution in [0.5, 0.6) is 0 Å². The van der Waals surface area contributed by atoms with Crippen molar-refractivity contribution < 1.29 is 75.5 Å². The van der Waals surface area contributed by atoms with Crippen LogP contribution in [0, 0.1) is 5.92 Å². The predicted molar refractivity (Wildman–Crippen MR) is 99.4 cm³/mol. The van der Waals surface area contributed by atoms with E-state index in [1.54, 1.807) is 0 Å². The Hall–Kier alpha value is -0.590. The van der Waals surface area contributed by atoms with Crippen molar-refractivity contribution in [3.8, 4) is 0 Å². The normalized spacial score (nSPS) is 40.2. The molecule has 20 heteroatoms. The van der Waals surface area contributed by atoms with Gasteiger partial charge in [-0.2, -0.15) is 0 Å². The van der Waals surface area contributed by atoms with Crippen molar-refractivity contribution in [2.45, 2.75) is 76.1 Å². The van der Waals surface area contributed by atoms with Gasteiger partial charge in [0, 0.05) is 13.0 Å². The first-order valence-corrected chi connectivity index (χ1v) is 13.4. The molecule has 0 aromatic rings. The minimum Gasteiger partial charge on any atom is -0.726 e. The molecule has 2 aliphatic rings. The first-order chi connectivity index (χ1) is 15.3. The molecule has 0 radical (unpaired) electrons. The first kappa shape index (κ1) is 29.6. The molecular weight excluding hydrogens is 536 g/mol. The smallest absolute Gasteiger partial charge is 0.218 e. The molecule has 0 bridgehead atoms. The molecule has 10 atom stereocenters. The molecule has 2 saturated heterocycles. The largest absolute Gasteiger partial charge is 0.726 e. The number of rotatable bonds is 9. The van der Waals surface area contributed by atoms with E-state index in [2.05, 4.69) is 12.5 Å². The molecule has 202 valence electrons. The van der Waals surface area contributed by atoms with Crippen LogP contribution < -0.4 is 0 Å². The van der Waals surface area contributed by atoms with E-state index < -0.39 is 92.4 Å². The maximum atomic E-state index is 11.3. The molecule has 1 N–H and O–H groups in total. The van der Waals surface area contributed by atoms with Crippen LogP contribution in [0.3, 0.4) is 0 Å². The van der Waals surface area contributed by atoms with Crippen LogP contribution in [0.25, 0.3) is 0 Å². The number of hydrogen-bond donors (Lipinski definition) is 1. The summed E-state index contributed by atoms with van der Waals surface area (Å²) < 4.78 is 135. The molecule has 34 heavy (non-hydrogen) atoms. The van der Waals surface area contributed by atoms with Gasteiger partial charge in [-0.05, 0) is 13.8 Å². The average Bonchev–Trinajstić information content (AvgIpc) is 2.65. The van der Waals surface area contributed by atoms with E-state index in [9.17, 15) is 44.0 Å². The van der Waals surface area contributed by atoms with Crippen molar-refractivity contribution in [2.75, 3.05) is 7.11 Å². The highest BCUT2D eigenvalue weighted by Crippen LogP contribution is 2.35. The lowest BCUT2D eigenvalue weighted by Gasteiger charge is -2.48. The Bertz CT molecular complexity index is 1010. The lowest BCUT2D eigenvalue weighted by Crippen LogP contribution is -2.63. The first-order valence-electron chi connectivity index (χ1n) is 9.42. The third-order valence-corrected chi connectivity index (χ3v) is 6.54. The van der Waals surface area contributed by atoms with E-state index in [1.165, 1.54) is 20.8 Å². The second kappa shape index (κ2) is 10.8. The minimum absolute atomic E-state index is 1.03. The van der Waals surface area contributed by atoms with Crippen LogP contribution in [0.2, 0.25) is 0 Å². The number of aliphatic hydroxyl groups excluding tert-OH is 1. The van der Waals surface area contributed by atoms with Gasteiger partial charge in [-0.25, -0.2) is 25.3 Å². The van der Waals surface area contributed by atoms with E-state index in [1.807, 2.05) is 0 Å². The van der Waals surface area contributed by atoms with E-state index in [4.69, 9.17) is 18.9 Å². The van der Waals surface area contributed by atoms with Gasteiger partial charge in [0.1, 0.15) is 18.3 Å². The van der Waals surface area contributed by atoms with Crippen molar-refractivity contribution in [1.29, 1.82) is 0 Å². The zero-order chi connectivity index (χ0) is 26.2. The fraction of sp³-hybridized carbons (Fsp3) is 1.00. The molecule has 0 aromatic carbocycles. The van der Waals surface area contributed by atoms with Gasteiger partial charge in [0.15, 0.2) is 24.8 Å². The fourth-order valence-electron chi connectivity index (χ4n) is 3.48. The van der Waals surface area contributed by atoms with Crippen LogP contribution in [-0.4, -0.2) is 106 Å². The van der Waals surface area contributed by atoms with Gasteiger partial charge in [0.05, 0.1) is 12.2 Å². The average molecular weight is 560 g/mol. The number of ether oxygens (including phenoxy) is 4. The Balaban J connectivity index is 2.50. The molecule has 0 amide bonds. The summed E-state index contributed by atoms with van der Waals surface area (Å²) in [6, 6.07) is 0. The zero-order valence-electron chi connectivity index (χ0n) is 18.0. The summed E-state index contributed by atoms with van der Waals surface area (Å²) in [5.74, 6) is -1.06. The topological polar surface area (TPSA) is 256 Å². The van der Waals surface area contributed by atoms with Gasteiger partial charge in [-0.1, -0.05) is 6.92 Å². The van der Waals surface area contributed by atoms with Crippen LogP contribution in [0.15, 0.2) is 0 Å². The summed E-state index contributed by atoms with van der Waals surface area (Å²) >= 11 is 0. The Labute approximate surface area is 196 Å². The number of methoxy groups -OCH3 is 1. The maximum absolute atomic E-state index is 11.3. The molecule has 17 nitrogen and oxygen atoms in total. The molecule has 2 heterocycles. The summed E-state index contributed by atoms with van der Waals surface area (Å²) in [6.45, 7) is 3.92. The quantitative estimate of drug-likeness (QED) is 0.218. The van der Waals surface area contributed by atoms with Gasteiger partial charge in [-0.15, -0.1) is 0 Å². The Kier molecular flexibility index (Phi) is 9.42. The van der Waals surface area contributed by atoms with E-state index in [0.29, 0.717) is 0 Å². The molecule has 0 aliphatic carbocycles. The molecule has 2 rings (SSSR count). The maximum Gasteiger partial charge on any atom is 0.218 e. The highest BCUT2D eigenvalue weighted by Gasteiger charge is 2.52. The van der Waals surface area contributed by atoms with Gasteiger partial charge < -0.3 is 37.7 Å². The van der Waals surface area contributed by atoms with Crippen molar-refractivity contribution >= 4 is 31.2 Å². The van der Waals surface area contributed by atoms with E-state index >= 15 is 0 Å². The van der Waals surface area contributed by atoms with Crippen molar-refractivity contribution in [2.24, 2.45) is 5.92 Å². The van der Waals surface area contributed by atoms with Gasteiger partial charge >= 0.3 is 0 Å². The zero-order valence-corrected chi connectivity index (χ0v) is 20.4. The lowest BCUT2D eigenvalue weighted by atomic mass is 9.91. The third kappa shape index (κ3) is 7.96. The summed E-state index contributed by atoms with van der Waals surface area (Å²) in [7, 11) is -15.5. The minimum atomic E-state index is -5.58. The Morgan fingerprint density at radius 3 is 1.53 bits per heavy atom. The lowest BCUT2D eigenvalue weighted by molar-refractivity contribution is -0.340. The van der Waals surface area contributed by atoms with Crippen LogP contribution >= 0.6 is 0 Å². The van der Waals surface area contributed by atoms with Crippen LogP contribution in [-0.2, 0) is 62.7 Å². The molecule has 5 unspecified atom stereocenters. The SMILES string of the molecule is COC1O[C@H](C)C(O)C(OC2O[C@H](C)C(C)[C@@H](OS(=O)(=O)[O-])[C@H]2OS(=O)(=O)[O-])[C@H]1OS(=O)(=O)[O-]. The molecule has 2 aliphatic heterocycles. The number of aliphatic hydroxyl groups is 1. The van der Waals surface area contributed by atoms with Crippen LogP contribution in [0.4, 0.5) is 0 Å². The highest BCUT2D eigenvalue weighted by atomic mass is 32.3. The molecule has 2 fully saturated rings. The van der Waals surface area contributed by atoms with Crippen molar-refractivity contribution in [3.63, 3.8) is 0 Å². The van der Waals surface area contributed by atoms with E-state index in [0.717, 1.165) is 7.11 Å². The predicted octanol–water partition coefficient (Wildman–Crippen LogP) is -2.96. The molecule has 0 saturated carbocycles. The Morgan fingerprint density at radius 2 is 1.09 bits per heavy atom. The standard InChI is InChI=1S/C14H26O17S3/c1-5-6(2)26-14(11(30-33(19,20)21)9(5)29-32(16,17)18)28-10-8(15)7(3)27-13(25-4)12(10)31-34(22,23)24/h5-15H,1-4H3,(H,16,17,18)(H,19,20,21)(H,22,23,24)/p-3/t5?,6-,7-,8?,9-,10?,11-,12-,13?,14?/m1/s1. The van der Waals surface area contributed by atoms with Crippen molar-refractivity contribution in [3.05, 3.63) is 0 Å². The number of hydrogen-bond acceptors (Lipinski definition) is 17. The second-order valence-corrected chi connectivity index (χ2v) is 10.5. The summed E-state index contributed by atoms with van der Waals surface area (Å²) in [6.07, 6.45) is -15.6. The van der Waals surface area contributed by atoms with Gasteiger partial charge in [0.2, 0.25) is 31.2 Å². The highest BCUT2D eigenvalue weighted by molar-refractivity contribution is 7.81. The fourth-order valence-corrected chi connectivity index (χ4v) is 4.98. The molecular formula is C14H23O17S3-3. The summed E-state index contributed by atoms with van der Waals surface area (Å²) in [5, 5.41) is 10.5. The Morgan fingerprint density at radius 1 is 0.676 bits per heavy atom. The summed E-state index contributed by atoms with van der Waals surface area (Å²) in [5.41, 5.74) is 0. The second-order valence-electron chi connectivity index (χ2n) is 7.51. The summed E-state index contributed by atoms with van der Waals surface area (Å²) in [4.78, 5) is 0. The van der Waals surface area contributed by atoms with Gasteiger partial charge in [-0.3, -0.25) is 12.5 Å². The van der Waals surface area contributed by atoms with E-state index in [-0.39, 0.29) is 0 Å².